The molecular weight excluding hydrogens is 410 g/mol. The molecule has 170 valence electrons. The van der Waals surface area contributed by atoms with E-state index < -0.39 is 0 Å². The monoisotopic (exact) mass is 445 g/mol. The Morgan fingerprint density at radius 3 is 2.52 bits per heavy atom. The summed E-state index contributed by atoms with van der Waals surface area (Å²) in [4.78, 5) is 9.12. The molecule has 1 unspecified atom stereocenters. The number of nitrogens with zero attached hydrogens (tertiary/aromatic N) is 3. The molecule has 0 spiro atoms. The largest absolute Gasteiger partial charge is 0.493 e. The van der Waals surface area contributed by atoms with Crippen LogP contribution >= 0.6 is 11.3 Å². The first-order chi connectivity index (χ1) is 15.0. The molecule has 2 heterocycles. The Hall–Kier alpha value is -2.45. The average Bonchev–Trinajstić information content (AvgIpc) is 3.33. The molecule has 31 heavy (non-hydrogen) atoms. The van der Waals surface area contributed by atoms with E-state index in [1.807, 2.05) is 30.5 Å². The first-order valence-electron chi connectivity index (χ1n) is 10.7. The van der Waals surface area contributed by atoms with Gasteiger partial charge < -0.3 is 29.9 Å². The summed E-state index contributed by atoms with van der Waals surface area (Å²) in [6.07, 6.45) is 2.21. The van der Waals surface area contributed by atoms with Gasteiger partial charge in [-0.05, 0) is 62.1 Å². The van der Waals surface area contributed by atoms with Gasteiger partial charge in [0.2, 0.25) is 0 Å². The lowest BCUT2D eigenvalue weighted by Crippen LogP contribution is -2.49. The van der Waals surface area contributed by atoms with Gasteiger partial charge in [-0.3, -0.25) is 4.99 Å². The van der Waals surface area contributed by atoms with Gasteiger partial charge in [0.15, 0.2) is 17.5 Å². The molecule has 0 bridgehead atoms. The summed E-state index contributed by atoms with van der Waals surface area (Å²) in [6, 6.07) is 11.0. The van der Waals surface area contributed by atoms with Gasteiger partial charge in [-0.2, -0.15) is 0 Å². The predicted octanol–water partition coefficient (Wildman–Crippen LogP) is 3.20. The average molecular weight is 446 g/mol. The number of likely N-dealkylation sites (N-methyl/N-ethyl adjacent to an activating group) is 1. The highest BCUT2D eigenvalue weighted by atomic mass is 32.1. The van der Waals surface area contributed by atoms with Crippen LogP contribution in [0.3, 0.4) is 0 Å². The molecule has 1 atom stereocenters. The summed E-state index contributed by atoms with van der Waals surface area (Å²) in [5.41, 5.74) is 1.16. The molecule has 3 rings (SSSR count). The Morgan fingerprint density at radius 1 is 1.19 bits per heavy atom. The summed E-state index contributed by atoms with van der Waals surface area (Å²) in [5.74, 6) is 2.33. The molecule has 1 aromatic carbocycles. The van der Waals surface area contributed by atoms with Crippen LogP contribution in [0.4, 0.5) is 5.00 Å². The van der Waals surface area contributed by atoms with Crippen LogP contribution in [0.1, 0.15) is 24.4 Å². The van der Waals surface area contributed by atoms with Crippen LogP contribution in [0.15, 0.2) is 40.7 Å². The van der Waals surface area contributed by atoms with Gasteiger partial charge in [0.1, 0.15) is 0 Å². The first-order valence-corrected chi connectivity index (χ1v) is 11.6. The number of methoxy groups -OCH3 is 2. The minimum atomic E-state index is 0.166. The third kappa shape index (κ3) is 6.04. The molecule has 0 aliphatic carbocycles. The third-order valence-corrected chi connectivity index (χ3v) is 6.68. The Labute approximate surface area is 190 Å². The van der Waals surface area contributed by atoms with Crippen molar-refractivity contribution in [1.82, 2.24) is 15.5 Å². The number of guanidine groups is 1. The summed E-state index contributed by atoms with van der Waals surface area (Å²) in [5, 5.41) is 10.6. The Morgan fingerprint density at radius 2 is 1.94 bits per heavy atom. The quantitative estimate of drug-likeness (QED) is 0.481. The molecule has 1 saturated heterocycles. The zero-order valence-corrected chi connectivity index (χ0v) is 20.0. The van der Waals surface area contributed by atoms with E-state index in [4.69, 9.17) is 9.47 Å². The zero-order chi connectivity index (χ0) is 22.2. The molecule has 1 aromatic heterocycles. The number of nitrogens with one attached hydrogen (secondary N) is 2. The maximum atomic E-state index is 5.49. The van der Waals surface area contributed by atoms with Gasteiger partial charge in [-0.15, -0.1) is 11.3 Å². The van der Waals surface area contributed by atoms with Gasteiger partial charge in [0.25, 0.3) is 0 Å². The van der Waals surface area contributed by atoms with Crippen LogP contribution in [-0.2, 0) is 0 Å². The number of aliphatic imine (C=N–C) groups is 1. The summed E-state index contributed by atoms with van der Waals surface area (Å²) < 4.78 is 10.9. The number of piperidine rings is 1. The standard InChI is InChI=1S/C23H35N5O2S/c1-24-23(26-18-10-12-28(13-11-18)22-7-6-14-31-22)25-16-19(27(2)3)17-8-9-20(29-4)21(15-17)30-5/h6-9,14-15,18-19H,10-13,16H2,1-5H3,(H2,24,25,26). The normalized spacial score (nSPS) is 16.3. The van der Waals surface area contributed by atoms with Crippen molar-refractivity contribution in [3.63, 3.8) is 0 Å². The Bertz CT molecular complexity index is 832. The molecule has 0 amide bonds. The van der Waals surface area contributed by atoms with E-state index in [2.05, 4.69) is 63.1 Å². The van der Waals surface area contributed by atoms with Crippen LogP contribution in [-0.4, -0.2) is 71.9 Å². The van der Waals surface area contributed by atoms with Crippen molar-refractivity contribution in [2.24, 2.45) is 4.99 Å². The second-order valence-corrected chi connectivity index (χ2v) is 8.83. The van der Waals surface area contributed by atoms with Crippen molar-refractivity contribution in [2.75, 3.05) is 59.9 Å². The Kier molecular flexibility index (Phi) is 8.43. The Balaban J connectivity index is 1.56. The van der Waals surface area contributed by atoms with Crippen LogP contribution in [0.25, 0.3) is 0 Å². The molecular formula is C23H35N5O2S. The number of anilines is 1. The second kappa shape index (κ2) is 11.2. The zero-order valence-electron chi connectivity index (χ0n) is 19.2. The topological polar surface area (TPSA) is 61.4 Å². The lowest BCUT2D eigenvalue weighted by atomic mass is 10.0. The fourth-order valence-corrected chi connectivity index (χ4v) is 4.72. The predicted molar refractivity (Wildman–Crippen MR) is 130 cm³/mol. The molecule has 1 aliphatic heterocycles. The van der Waals surface area contributed by atoms with E-state index in [0.717, 1.165) is 55.5 Å². The van der Waals surface area contributed by atoms with E-state index >= 15 is 0 Å². The lowest BCUT2D eigenvalue weighted by Gasteiger charge is -2.34. The molecule has 0 radical (unpaired) electrons. The number of hydrogen-bond donors (Lipinski definition) is 2. The van der Waals surface area contributed by atoms with Gasteiger partial charge in [0.05, 0.1) is 25.3 Å². The van der Waals surface area contributed by atoms with E-state index in [1.54, 1.807) is 14.2 Å². The highest BCUT2D eigenvalue weighted by molar-refractivity contribution is 7.14. The van der Waals surface area contributed by atoms with Gasteiger partial charge in [-0.1, -0.05) is 6.07 Å². The number of hydrogen-bond acceptors (Lipinski definition) is 6. The highest BCUT2D eigenvalue weighted by Gasteiger charge is 2.22. The molecule has 1 aliphatic rings. The van der Waals surface area contributed by atoms with Gasteiger partial charge in [0, 0.05) is 32.7 Å². The van der Waals surface area contributed by atoms with E-state index in [1.165, 1.54) is 5.00 Å². The maximum absolute atomic E-state index is 5.49. The molecule has 2 aromatic rings. The number of thiophene rings is 1. The van der Waals surface area contributed by atoms with Crippen LogP contribution in [0.5, 0.6) is 11.5 Å². The molecule has 2 N–H and O–H groups in total. The van der Waals surface area contributed by atoms with Crippen molar-refractivity contribution in [1.29, 1.82) is 0 Å². The third-order valence-electron chi connectivity index (χ3n) is 5.76. The van der Waals surface area contributed by atoms with Gasteiger partial charge >= 0.3 is 0 Å². The van der Waals surface area contributed by atoms with E-state index in [9.17, 15) is 0 Å². The SMILES string of the molecule is CN=C(NCC(c1ccc(OC)c(OC)c1)N(C)C)NC1CCN(c2cccs2)CC1. The fourth-order valence-electron chi connectivity index (χ4n) is 3.93. The van der Waals surface area contributed by atoms with E-state index in [0.29, 0.717) is 6.04 Å². The summed E-state index contributed by atoms with van der Waals surface area (Å²) >= 11 is 1.81. The van der Waals surface area contributed by atoms with Crippen LogP contribution < -0.4 is 25.0 Å². The van der Waals surface area contributed by atoms with Gasteiger partial charge in [-0.25, -0.2) is 0 Å². The second-order valence-electron chi connectivity index (χ2n) is 7.90. The number of benzene rings is 1. The minimum Gasteiger partial charge on any atom is -0.493 e. The van der Waals surface area contributed by atoms with Crippen molar-refractivity contribution in [3.8, 4) is 11.5 Å². The van der Waals surface area contributed by atoms with Crippen LogP contribution in [0.2, 0.25) is 0 Å². The fraction of sp³-hybridized carbons (Fsp3) is 0.522. The van der Waals surface area contributed by atoms with Crippen LogP contribution in [0, 0.1) is 0 Å². The highest BCUT2D eigenvalue weighted by Crippen LogP contribution is 2.31. The number of rotatable bonds is 8. The lowest BCUT2D eigenvalue weighted by molar-refractivity contribution is 0.295. The minimum absolute atomic E-state index is 0.166. The smallest absolute Gasteiger partial charge is 0.191 e. The van der Waals surface area contributed by atoms with E-state index in [-0.39, 0.29) is 6.04 Å². The molecule has 7 nitrogen and oxygen atoms in total. The van der Waals surface area contributed by atoms with Crippen molar-refractivity contribution >= 4 is 22.3 Å². The molecule has 8 heteroatoms. The summed E-state index contributed by atoms with van der Waals surface area (Å²) in [6.45, 7) is 2.87. The first kappa shape index (κ1) is 23.2. The molecule has 1 fully saturated rings. The number of ether oxygens (including phenoxy) is 2. The summed E-state index contributed by atoms with van der Waals surface area (Å²) in [7, 11) is 9.32. The van der Waals surface area contributed by atoms with Crippen molar-refractivity contribution in [3.05, 3.63) is 41.3 Å². The molecule has 0 saturated carbocycles. The van der Waals surface area contributed by atoms with Crippen molar-refractivity contribution < 1.29 is 9.47 Å². The van der Waals surface area contributed by atoms with Crippen molar-refractivity contribution in [2.45, 2.75) is 24.9 Å². The maximum Gasteiger partial charge on any atom is 0.191 e.